The molecule has 5 nitrogen and oxygen atoms in total. The number of nitrogens with one attached hydrogen (secondary N) is 1. The second-order valence-corrected chi connectivity index (χ2v) is 3.74. The van der Waals surface area contributed by atoms with E-state index in [1.54, 1.807) is 6.20 Å². The Bertz CT molecular complexity index is 353. The zero-order valence-corrected chi connectivity index (χ0v) is 9.86. The summed E-state index contributed by atoms with van der Waals surface area (Å²) in [7, 11) is 0. The van der Waals surface area contributed by atoms with Gasteiger partial charge in [0.05, 0.1) is 18.3 Å². The Morgan fingerprint density at radius 1 is 1.56 bits per heavy atom. The normalized spacial score (nSPS) is 10.5. The monoisotopic (exact) mass is 223 g/mol. The molecular formula is C11H17N3O2. The lowest BCUT2D eigenvalue weighted by Crippen LogP contribution is -2.26. The van der Waals surface area contributed by atoms with E-state index in [2.05, 4.69) is 15.3 Å². The second kappa shape index (κ2) is 6.17. The summed E-state index contributed by atoms with van der Waals surface area (Å²) in [6, 6.07) is 1.81. The number of carbonyl (C=O) groups is 1. The summed E-state index contributed by atoms with van der Waals surface area (Å²) in [6.07, 6.45) is 1.63. The van der Waals surface area contributed by atoms with Crippen LogP contribution in [0.15, 0.2) is 12.3 Å². The molecule has 0 atom stereocenters. The van der Waals surface area contributed by atoms with E-state index in [9.17, 15) is 4.79 Å². The summed E-state index contributed by atoms with van der Waals surface area (Å²) in [5, 5.41) is 2.97. The fraction of sp³-hybridized carbons (Fsp3) is 0.545. The summed E-state index contributed by atoms with van der Waals surface area (Å²) in [5.74, 6) is 0.477. The predicted octanol–water partition coefficient (Wildman–Crippen LogP) is 0.826. The molecule has 0 unspecified atom stereocenters. The number of ether oxygens (including phenoxy) is 1. The van der Waals surface area contributed by atoms with Crippen LogP contribution in [0.3, 0.4) is 0 Å². The fourth-order valence-corrected chi connectivity index (χ4v) is 1.20. The van der Waals surface area contributed by atoms with E-state index < -0.39 is 0 Å². The Labute approximate surface area is 95.3 Å². The third-order valence-corrected chi connectivity index (χ3v) is 1.78. The van der Waals surface area contributed by atoms with Crippen LogP contribution in [0.25, 0.3) is 0 Å². The molecule has 0 saturated heterocycles. The van der Waals surface area contributed by atoms with E-state index in [4.69, 9.17) is 4.74 Å². The van der Waals surface area contributed by atoms with Crippen LogP contribution in [0.1, 0.15) is 25.4 Å². The smallest absolute Gasteiger partial charge is 0.320 e. The van der Waals surface area contributed by atoms with E-state index in [0.29, 0.717) is 6.54 Å². The van der Waals surface area contributed by atoms with E-state index in [1.165, 1.54) is 0 Å². The largest absolute Gasteiger partial charge is 0.462 e. The highest BCUT2D eigenvalue weighted by Gasteiger charge is 2.04. The van der Waals surface area contributed by atoms with Crippen molar-refractivity contribution in [3.8, 4) is 0 Å². The maximum atomic E-state index is 11.2. The Hall–Kier alpha value is -1.49. The van der Waals surface area contributed by atoms with Gasteiger partial charge in [0.25, 0.3) is 0 Å². The van der Waals surface area contributed by atoms with Crippen molar-refractivity contribution in [2.45, 2.75) is 33.4 Å². The molecule has 1 N–H and O–H groups in total. The predicted molar refractivity (Wildman–Crippen MR) is 59.7 cm³/mol. The van der Waals surface area contributed by atoms with Crippen molar-refractivity contribution >= 4 is 5.97 Å². The average molecular weight is 223 g/mol. The Kier molecular flexibility index (Phi) is 4.85. The average Bonchev–Trinajstić information content (AvgIpc) is 2.16. The lowest BCUT2D eigenvalue weighted by atomic mass is 10.4. The van der Waals surface area contributed by atoms with Gasteiger partial charge >= 0.3 is 5.97 Å². The Morgan fingerprint density at radius 3 is 2.94 bits per heavy atom. The molecular weight excluding hydrogens is 206 g/mol. The van der Waals surface area contributed by atoms with Gasteiger partial charge in [0, 0.05) is 12.7 Å². The Morgan fingerprint density at radius 2 is 2.31 bits per heavy atom. The Balaban J connectivity index is 2.28. The van der Waals surface area contributed by atoms with Gasteiger partial charge in [-0.2, -0.15) is 0 Å². The maximum Gasteiger partial charge on any atom is 0.320 e. The molecule has 0 amide bonds. The number of aromatic nitrogens is 2. The minimum atomic E-state index is -0.249. The molecule has 0 aliphatic rings. The van der Waals surface area contributed by atoms with Crippen molar-refractivity contribution in [2.24, 2.45) is 0 Å². The molecule has 16 heavy (non-hydrogen) atoms. The number of hydrogen-bond donors (Lipinski definition) is 1. The van der Waals surface area contributed by atoms with Crippen LogP contribution in [-0.4, -0.2) is 28.6 Å². The van der Waals surface area contributed by atoms with Gasteiger partial charge in [-0.05, 0) is 26.8 Å². The molecule has 1 rings (SSSR count). The van der Waals surface area contributed by atoms with Crippen molar-refractivity contribution < 1.29 is 9.53 Å². The van der Waals surface area contributed by atoms with Gasteiger partial charge in [-0.15, -0.1) is 0 Å². The number of esters is 1. The third-order valence-electron chi connectivity index (χ3n) is 1.78. The van der Waals surface area contributed by atoms with Gasteiger partial charge in [0.2, 0.25) is 0 Å². The summed E-state index contributed by atoms with van der Waals surface area (Å²) in [4.78, 5) is 19.4. The molecule has 0 aromatic carbocycles. The van der Waals surface area contributed by atoms with Crippen LogP contribution in [0, 0.1) is 6.92 Å². The highest BCUT2D eigenvalue weighted by atomic mass is 16.5. The zero-order valence-electron chi connectivity index (χ0n) is 9.86. The number of rotatable bonds is 5. The van der Waals surface area contributed by atoms with Gasteiger partial charge in [0.15, 0.2) is 0 Å². The van der Waals surface area contributed by atoms with Gasteiger partial charge in [0.1, 0.15) is 5.82 Å². The molecule has 0 bridgehead atoms. The second-order valence-electron chi connectivity index (χ2n) is 3.74. The first-order chi connectivity index (χ1) is 7.58. The molecule has 1 aromatic heterocycles. The molecule has 0 spiro atoms. The van der Waals surface area contributed by atoms with Crippen LogP contribution < -0.4 is 5.32 Å². The van der Waals surface area contributed by atoms with Gasteiger partial charge in [-0.3, -0.25) is 4.79 Å². The lowest BCUT2D eigenvalue weighted by molar-refractivity contribution is -0.146. The van der Waals surface area contributed by atoms with E-state index in [0.717, 1.165) is 11.5 Å². The topological polar surface area (TPSA) is 64.1 Å². The standard InChI is InChI=1S/C11H17N3O2/c1-8(2)16-11(15)7-12-6-10-4-5-13-9(3)14-10/h4-5,8,12H,6-7H2,1-3H3. The first-order valence-electron chi connectivity index (χ1n) is 5.26. The highest BCUT2D eigenvalue weighted by molar-refractivity contribution is 5.71. The van der Waals surface area contributed by atoms with Crippen LogP contribution in [0.5, 0.6) is 0 Å². The van der Waals surface area contributed by atoms with Crippen molar-refractivity contribution in [1.82, 2.24) is 15.3 Å². The van der Waals surface area contributed by atoms with Crippen molar-refractivity contribution in [3.05, 3.63) is 23.8 Å². The lowest BCUT2D eigenvalue weighted by Gasteiger charge is -2.08. The number of hydrogen-bond acceptors (Lipinski definition) is 5. The summed E-state index contributed by atoms with van der Waals surface area (Å²) in [6.45, 7) is 6.21. The zero-order chi connectivity index (χ0) is 12.0. The number of carbonyl (C=O) groups excluding carboxylic acids is 1. The molecule has 1 heterocycles. The van der Waals surface area contributed by atoms with Gasteiger partial charge in [-0.1, -0.05) is 0 Å². The molecule has 0 fully saturated rings. The molecule has 0 saturated carbocycles. The highest BCUT2D eigenvalue weighted by Crippen LogP contribution is 1.94. The molecule has 0 aliphatic carbocycles. The van der Waals surface area contributed by atoms with Crippen LogP contribution in [-0.2, 0) is 16.1 Å². The van der Waals surface area contributed by atoms with Gasteiger partial charge in [-0.25, -0.2) is 9.97 Å². The van der Waals surface area contributed by atoms with Crippen LogP contribution in [0.4, 0.5) is 0 Å². The minimum absolute atomic E-state index is 0.0735. The maximum absolute atomic E-state index is 11.2. The first kappa shape index (κ1) is 12.6. The molecule has 1 aromatic rings. The molecule has 0 radical (unpaired) electrons. The van der Waals surface area contributed by atoms with E-state index >= 15 is 0 Å². The fourth-order valence-electron chi connectivity index (χ4n) is 1.20. The van der Waals surface area contributed by atoms with Crippen LogP contribution in [0.2, 0.25) is 0 Å². The van der Waals surface area contributed by atoms with Crippen LogP contribution >= 0.6 is 0 Å². The quantitative estimate of drug-likeness (QED) is 0.749. The third kappa shape index (κ3) is 4.84. The van der Waals surface area contributed by atoms with E-state index in [1.807, 2.05) is 26.8 Å². The van der Waals surface area contributed by atoms with Crippen molar-refractivity contribution in [1.29, 1.82) is 0 Å². The van der Waals surface area contributed by atoms with Crippen molar-refractivity contribution in [2.75, 3.05) is 6.54 Å². The molecule has 5 heteroatoms. The molecule has 88 valence electrons. The van der Waals surface area contributed by atoms with E-state index in [-0.39, 0.29) is 18.6 Å². The molecule has 0 aliphatic heterocycles. The summed E-state index contributed by atoms with van der Waals surface area (Å²) in [5.41, 5.74) is 0.866. The number of aryl methyl sites for hydroxylation is 1. The summed E-state index contributed by atoms with van der Waals surface area (Å²) >= 11 is 0. The SMILES string of the molecule is Cc1nccc(CNCC(=O)OC(C)C)n1. The van der Waals surface area contributed by atoms with Crippen molar-refractivity contribution in [3.63, 3.8) is 0 Å². The number of nitrogens with zero attached hydrogens (tertiary/aromatic N) is 2. The van der Waals surface area contributed by atoms with Gasteiger partial charge < -0.3 is 10.1 Å². The summed E-state index contributed by atoms with van der Waals surface area (Å²) < 4.78 is 4.98. The first-order valence-corrected chi connectivity index (χ1v) is 5.26. The minimum Gasteiger partial charge on any atom is -0.462 e.